The van der Waals surface area contributed by atoms with E-state index in [4.69, 9.17) is 5.73 Å². The van der Waals surface area contributed by atoms with Gasteiger partial charge in [-0.05, 0) is 65.2 Å². The summed E-state index contributed by atoms with van der Waals surface area (Å²) in [7, 11) is 0. The van der Waals surface area contributed by atoms with Crippen molar-refractivity contribution in [2.75, 3.05) is 11.1 Å². The molecule has 0 atom stereocenters. The van der Waals surface area contributed by atoms with Crippen molar-refractivity contribution < 1.29 is 9.18 Å². The van der Waals surface area contributed by atoms with Crippen molar-refractivity contribution in [3.63, 3.8) is 0 Å². The van der Waals surface area contributed by atoms with Crippen LogP contribution in [0.1, 0.15) is 21.5 Å². The fourth-order valence-electron chi connectivity index (χ4n) is 1.84. The molecule has 3 nitrogen and oxygen atoms in total. The van der Waals surface area contributed by atoms with Gasteiger partial charge in [-0.1, -0.05) is 6.07 Å². The van der Waals surface area contributed by atoms with Crippen LogP contribution in [0.15, 0.2) is 34.8 Å². The van der Waals surface area contributed by atoms with Gasteiger partial charge in [-0.3, -0.25) is 4.79 Å². The summed E-state index contributed by atoms with van der Waals surface area (Å²) >= 11 is 3.06. The maximum atomic E-state index is 13.9. The highest BCUT2D eigenvalue weighted by Gasteiger charge is 2.15. The standard InChI is InChI=1S/C15H14BrFN2O/c1-8-7-13(9(2)6-12(8)18)19-15(20)10-4-3-5-11(16)14(10)17/h3-7H,18H2,1-2H3,(H,19,20). The zero-order chi connectivity index (χ0) is 14.9. The van der Waals surface area contributed by atoms with Crippen molar-refractivity contribution in [1.82, 2.24) is 0 Å². The maximum Gasteiger partial charge on any atom is 0.258 e. The third-order valence-corrected chi connectivity index (χ3v) is 3.67. The van der Waals surface area contributed by atoms with Crippen molar-refractivity contribution in [1.29, 1.82) is 0 Å². The minimum Gasteiger partial charge on any atom is -0.399 e. The number of carbonyl (C=O) groups is 1. The van der Waals surface area contributed by atoms with E-state index < -0.39 is 11.7 Å². The molecule has 0 fully saturated rings. The first-order chi connectivity index (χ1) is 9.40. The highest BCUT2D eigenvalue weighted by atomic mass is 79.9. The summed E-state index contributed by atoms with van der Waals surface area (Å²) in [5, 5.41) is 2.71. The van der Waals surface area contributed by atoms with Gasteiger partial charge in [0.15, 0.2) is 0 Å². The SMILES string of the molecule is Cc1cc(NC(=O)c2cccc(Br)c2F)c(C)cc1N. The number of benzene rings is 2. The van der Waals surface area contributed by atoms with E-state index in [9.17, 15) is 9.18 Å². The first kappa shape index (κ1) is 14.5. The highest BCUT2D eigenvalue weighted by molar-refractivity contribution is 9.10. The number of amides is 1. The molecule has 0 aliphatic rings. The Morgan fingerprint density at radius 1 is 1.25 bits per heavy atom. The Hall–Kier alpha value is -1.88. The van der Waals surface area contributed by atoms with Crippen molar-refractivity contribution in [3.05, 3.63) is 57.3 Å². The van der Waals surface area contributed by atoms with Crippen LogP contribution in [0.4, 0.5) is 15.8 Å². The van der Waals surface area contributed by atoms with Gasteiger partial charge < -0.3 is 11.1 Å². The van der Waals surface area contributed by atoms with Gasteiger partial charge in [-0.2, -0.15) is 0 Å². The fourth-order valence-corrected chi connectivity index (χ4v) is 2.21. The van der Waals surface area contributed by atoms with Gasteiger partial charge in [0.25, 0.3) is 5.91 Å². The Balaban J connectivity index is 2.33. The van der Waals surface area contributed by atoms with Crippen LogP contribution in [0.3, 0.4) is 0 Å². The van der Waals surface area contributed by atoms with Gasteiger partial charge in [0, 0.05) is 11.4 Å². The second-order valence-corrected chi connectivity index (χ2v) is 5.43. The van der Waals surface area contributed by atoms with Crippen LogP contribution in [0, 0.1) is 19.7 Å². The number of hydrogen-bond acceptors (Lipinski definition) is 2. The zero-order valence-corrected chi connectivity index (χ0v) is 12.7. The summed E-state index contributed by atoms with van der Waals surface area (Å²) in [5.41, 5.74) is 8.77. The fraction of sp³-hybridized carbons (Fsp3) is 0.133. The van der Waals surface area contributed by atoms with E-state index in [-0.39, 0.29) is 10.0 Å². The van der Waals surface area contributed by atoms with Crippen LogP contribution in [-0.2, 0) is 0 Å². The van der Waals surface area contributed by atoms with Gasteiger partial charge in [-0.15, -0.1) is 0 Å². The lowest BCUT2D eigenvalue weighted by molar-refractivity contribution is 0.102. The number of nitrogens with two attached hydrogens (primary N) is 1. The molecule has 2 rings (SSSR count). The maximum absolute atomic E-state index is 13.9. The number of hydrogen-bond donors (Lipinski definition) is 2. The highest BCUT2D eigenvalue weighted by Crippen LogP contribution is 2.24. The monoisotopic (exact) mass is 336 g/mol. The molecule has 1 amide bonds. The molecule has 0 spiro atoms. The number of nitrogens with one attached hydrogen (secondary N) is 1. The average Bonchev–Trinajstić information content (AvgIpc) is 2.39. The smallest absolute Gasteiger partial charge is 0.258 e. The molecule has 0 heterocycles. The number of nitrogen functional groups attached to an aromatic ring is 1. The van der Waals surface area contributed by atoms with Gasteiger partial charge in [0.2, 0.25) is 0 Å². The Morgan fingerprint density at radius 2 is 1.95 bits per heavy atom. The minimum absolute atomic E-state index is 0.00625. The second-order valence-electron chi connectivity index (χ2n) is 4.58. The van der Waals surface area contributed by atoms with Crippen molar-refractivity contribution in [2.45, 2.75) is 13.8 Å². The first-order valence-corrected chi connectivity index (χ1v) is 6.81. The molecule has 104 valence electrons. The summed E-state index contributed by atoms with van der Waals surface area (Å²) in [5.74, 6) is -1.06. The van der Waals surface area contributed by atoms with E-state index in [2.05, 4.69) is 21.2 Å². The molecule has 0 saturated carbocycles. The molecule has 2 aromatic rings. The minimum atomic E-state index is -0.574. The molecule has 3 N–H and O–H groups in total. The van der Waals surface area contributed by atoms with Crippen LogP contribution in [-0.4, -0.2) is 5.91 Å². The van der Waals surface area contributed by atoms with Gasteiger partial charge in [-0.25, -0.2) is 4.39 Å². The van der Waals surface area contributed by atoms with E-state index in [0.29, 0.717) is 11.4 Å². The van der Waals surface area contributed by atoms with Crippen LogP contribution >= 0.6 is 15.9 Å². The Labute approximate surface area is 125 Å². The van der Waals surface area contributed by atoms with E-state index in [1.165, 1.54) is 6.07 Å². The third kappa shape index (κ3) is 2.82. The predicted molar refractivity (Wildman–Crippen MR) is 82.4 cm³/mol. The lowest BCUT2D eigenvalue weighted by Gasteiger charge is -2.12. The Bertz CT molecular complexity index is 686. The quantitative estimate of drug-likeness (QED) is 0.813. The summed E-state index contributed by atoms with van der Waals surface area (Å²) in [6.07, 6.45) is 0. The van der Waals surface area contributed by atoms with Crippen molar-refractivity contribution in [2.24, 2.45) is 0 Å². The molecule has 0 aliphatic heterocycles. The van der Waals surface area contributed by atoms with Crippen molar-refractivity contribution in [3.8, 4) is 0 Å². The van der Waals surface area contributed by atoms with Crippen LogP contribution in [0.5, 0.6) is 0 Å². The average molecular weight is 337 g/mol. The summed E-state index contributed by atoms with van der Waals surface area (Å²) < 4.78 is 14.1. The number of anilines is 2. The lowest BCUT2D eigenvalue weighted by atomic mass is 10.1. The molecule has 0 aromatic heterocycles. The van der Waals surface area contributed by atoms with Crippen LogP contribution in [0.2, 0.25) is 0 Å². The molecule has 0 aliphatic carbocycles. The third-order valence-electron chi connectivity index (χ3n) is 3.06. The molecule has 20 heavy (non-hydrogen) atoms. The molecule has 5 heteroatoms. The second kappa shape index (κ2) is 5.63. The molecule has 0 unspecified atom stereocenters. The molecule has 0 bridgehead atoms. The zero-order valence-electron chi connectivity index (χ0n) is 11.1. The van der Waals surface area contributed by atoms with E-state index in [0.717, 1.165) is 11.1 Å². The normalized spacial score (nSPS) is 10.4. The van der Waals surface area contributed by atoms with Crippen molar-refractivity contribution >= 4 is 33.2 Å². The van der Waals surface area contributed by atoms with Crippen LogP contribution < -0.4 is 11.1 Å². The first-order valence-electron chi connectivity index (χ1n) is 6.02. The predicted octanol–water partition coefficient (Wildman–Crippen LogP) is 4.04. The number of rotatable bonds is 2. The summed E-state index contributed by atoms with van der Waals surface area (Å²) in [4.78, 5) is 12.1. The van der Waals surface area contributed by atoms with Gasteiger partial charge >= 0.3 is 0 Å². The van der Waals surface area contributed by atoms with Gasteiger partial charge in [0.1, 0.15) is 5.82 Å². The Kier molecular flexibility index (Phi) is 4.09. The van der Waals surface area contributed by atoms with E-state index >= 15 is 0 Å². The molecular formula is C15H14BrFN2O. The molecular weight excluding hydrogens is 323 g/mol. The van der Waals surface area contributed by atoms with Crippen LogP contribution in [0.25, 0.3) is 0 Å². The summed E-state index contributed by atoms with van der Waals surface area (Å²) in [6, 6.07) is 8.16. The number of carbonyl (C=O) groups excluding carboxylic acids is 1. The number of halogens is 2. The summed E-state index contributed by atoms with van der Waals surface area (Å²) in [6.45, 7) is 3.69. The largest absolute Gasteiger partial charge is 0.399 e. The number of aryl methyl sites for hydroxylation is 2. The van der Waals surface area contributed by atoms with E-state index in [1.807, 2.05) is 13.8 Å². The topological polar surface area (TPSA) is 55.1 Å². The lowest BCUT2D eigenvalue weighted by Crippen LogP contribution is -2.15. The van der Waals surface area contributed by atoms with Gasteiger partial charge in [0.05, 0.1) is 10.0 Å². The molecule has 0 radical (unpaired) electrons. The Morgan fingerprint density at radius 3 is 2.65 bits per heavy atom. The van der Waals surface area contributed by atoms with E-state index in [1.54, 1.807) is 24.3 Å². The molecule has 0 saturated heterocycles. The molecule has 2 aromatic carbocycles.